The third-order valence-electron chi connectivity index (χ3n) is 3.17. The fourth-order valence-electron chi connectivity index (χ4n) is 2.04. The van der Waals surface area contributed by atoms with Crippen LogP contribution in [-0.4, -0.2) is 19.2 Å². The van der Waals surface area contributed by atoms with Gasteiger partial charge in [-0.2, -0.15) is 0 Å². The molecular formula is C16H15F2NO2S. The molecular weight excluding hydrogens is 308 g/mol. The Morgan fingerprint density at radius 3 is 2.23 bits per heavy atom. The number of allylic oxidation sites excluding steroid dienone is 1. The Labute approximate surface area is 128 Å². The Bertz CT molecular complexity index is 825. The molecule has 0 radical (unpaired) electrons. The summed E-state index contributed by atoms with van der Waals surface area (Å²) in [6, 6.07) is 4.39. The summed E-state index contributed by atoms with van der Waals surface area (Å²) in [6.45, 7) is 6.89. The predicted octanol–water partition coefficient (Wildman–Crippen LogP) is 3.85. The van der Waals surface area contributed by atoms with E-state index in [0.717, 1.165) is 18.2 Å². The van der Waals surface area contributed by atoms with Crippen LogP contribution in [0.5, 0.6) is 0 Å². The van der Waals surface area contributed by atoms with Crippen molar-refractivity contribution in [3.8, 4) is 11.1 Å². The Kier molecular flexibility index (Phi) is 4.42. The maximum atomic E-state index is 13.3. The van der Waals surface area contributed by atoms with E-state index in [9.17, 15) is 17.2 Å². The average molecular weight is 323 g/mol. The van der Waals surface area contributed by atoms with Crippen LogP contribution in [0, 0.1) is 11.6 Å². The second kappa shape index (κ2) is 5.96. The maximum Gasteiger partial charge on any atom is 0.180 e. The number of rotatable bonds is 4. The quantitative estimate of drug-likeness (QED) is 0.858. The van der Waals surface area contributed by atoms with Gasteiger partial charge in [-0.3, -0.25) is 4.98 Å². The fraction of sp³-hybridized carbons (Fsp3) is 0.188. The van der Waals surface area contributed by atoms with Crippen molar-refractivity contribution in [3.63, 3.8) is 0 Å². The first-order chi connectivity index (χ1) is 10.2. The Morgan fingerprint density at radius 2 is 1.73 bits per heavy atom. The summed E-state index contributed by atoms with van der Waals surface area (Å²) in [4.78, 5) is 4.12. The third-order valence-corrected chi connectivity index (χ3v) is 4.91. The molecule has 0 spiro atoms. The average Bonchev–Trinajstić information content (AvgIpc) is 2.45. The number of hydrogen-bond donors (Lipinski definition) is 0. The zero-order chi connectivity index (χ0) is 16.5. The van der Waals surface area contributed by atoms with E-state index in [1.54, 1.807) is 6.92 Å². The number of nitrogens with zero attached hydrogens (tertiary/aromatic N) is 1. The molecule has 0 saturated carbocycles. The second-order valence-electron chi connectivity index (χ2n) is 4.91. The van der Waals surface area contributed by atoms with Gasteiger partial charge in [0.2, 0.25) is 0 Å². The van der Waals surface area contributed by atoms with Gasteiger partial charge in [0.15, 0.2) is 9.84 Å². The number of benzene rings is 1. The minimum Gasteiger partial charge on any atom is -0.255 e. The van der Waals surface area contributed by atoms with E-state index in [2.05, 4.69) is 11.6 Å². The lowest BCUT2D eigenvalue weighted by atomic mass is 10.1. The summed E-state index contributed by atoms with van der Waals surface area (Å²) in [6.07, 6.45) is 1.38. The Balaban J connectivity index is 2.70. The topological polar surface area (TPSA) is 47.0 Å². The predicted molar refractivity (Wildman–Crippen MR) is 82.0 cm³/mol. The summed E-state index contributed by atoms with van der Waals surface area (Å²) >= 11 is 0. The Morgan fingerprint density at radius 1 is 1.14 bits per heavy atom. The van der Waals surface area contributed by atoms with Crippen molar-refractivity contribution in [1.29, 1.82) is 0 Å². The Hall–Kier alpha value is -2.08. The molecule has 22 heavy (non-hydrogen) atoms. The fourth-order valence-corrected chi connectivity index (χ4v) is 3.18. The van der Waals surface area contributed by atoms with Crippen molar-refractivity contribution in [2.24, 2.45) is 0 Å². The zero-order valence-corrected chi connectivity index (χ0v) is 13.0. The van der Waals surface area contributed by atoms with Crippen LogP contribution in [0.4, 0.5) is 8.78 Å². The number of aromatic nitrogens is 1. The SMILES string of the molecule is C=C(C)c1ncc(-c2cc(F)cc(F)c2)cc1S(=O)(=O)CC. The highest BCUT2D eigenvalue weighted by atomic mass is 32.2. The van der Waals surface area contributed by atoms with Crippen molar-refractivity contribution in [2.45, 2.75) is 18.7 Å². The standard InChI is InChI=1S/C16H15F2NO2S/c1-4-22(20,21)15-7-12(9-19-16(15)10(2)3)11-5-13(17)8-14(18)6-11/h5-9H,2,4H2,1,3H3. The highest BCUT2D eigenvalue weighted by Gasteiger charge is 2.19. The summed E-state index contributed by atoms with van der Waals surface area (Å²) in [5.41, 5.74) is 1.33. The molecule has 0 fully saturated rings. The number of pyridine rings is 1. The molecule has 6 heteroatoms. The maximum absolute atomic E-state index is 13.3. The van der Waals surface area contributed by atoms with Crippen LogP contribution >= 0.6 is 0 Å². The lowest BCUT2D eigenvalue weighted by Gasteiger charge is -2.11. The molecule has 0 unspecified atom stereocenters. The molecule has 0 saturated heterocycles. The molecule has 0 aliphatic rings. The van der Waals surface area contributed by atoms with Gasteiger partial charge in [-0.1, -0.05) is 13.5 Å². The van der Waals surface area contributed by atoms with Crippen LogP contribution in [-0.2, 0) is 9.84 Å². The smallest absolute Gasteiger partial charge is 0.180 e. The molecule has 1 aromatic carbocycles. The van der Waals surface area contributed by atoms with Gasteiger partial charge in [0.25, 0.3) is 0 Å². The highest BCUT2D eigenvalue weighted by Crippen LogP contribution is 2.28. The normalized spacial score (nSPS) is 11.5. The summed E-state index contributed by atoms with van der Waals surface area (Å²) in [5.74, 6) is -1.58. The van der Waals surface area contributed by atoms with E-state index in [-0.39, 0.29) is 21.9 Å². The van der Waals surface area contributed by atoms with Crippen LogP contribution in [0.25, 0.3) is 16.7 Å². The summed E-state index contributed by atoms with van der Waals surface area (Å²) in [7, 11) is -3.54. The molecule has 1 heterocycles. The van der Waals surface area contributed by atoms with Crippen molar-refractivity contribution >= 4 is 15.4 Å². The van der Waals surface area contributed by atoms with Crippen molar-refractivity contribution in [2.75, 3.05) is 5.75 Å². The van der Waals surface area contributed by atoms with Crippen LogP contribution in [0.1, 0.15) is 19.5 Å². The first kappa shape index (κ1) is 16.3. The van der Waals surface area contributed by atoms with E-state index in [1.807, 2.05) is 0 Å². The van der Waals surface area contributed by atoms with Crippen LogP contribution in [0.3, 0.4) is 0 Å². The lowest BCUT2D eigenvalue weighted by molar-refractivity contribution is 0.584. The third kappa shape index (κ3) is 3.22. The first-order valence-corrected chi connectivity index (χ1v) is 8.25. The van der Waals surface area contributed by atoms with Crippen molar-refractivity contribution in [1.82, 2.24) is 4.98 Å². The monoisotopic (exact) mass is 323 g/mol. The van der Waals surface area contributed by atoms with Gasteiger partial charge in [0.05, 0.1) is 16.3 Å². The first-order valence-electron chi connectivity index (χ1n) is 6.59. The minimum absolute atomic E-state index is 0.0182. The van der Waals surface area contributed by atoms with Gasteiger partial charge in [0, 0.05) is 17.8 Å². The van der Waals surface area contributed by atoms with E-state index in [1.165, 1.54) is 19.2 Å². The van der Waals surface area contributed by atoms with Crippen LogP contribution in [0.15, 0.2) is 41.9 Å². The van der Waals surface area contributed by atoms with E-state index < -0.39 is 21.5 Å². The molecule has 1 aromatic heterocycles. The van der Waals surface area contributed by atoms with Gasteiger partial charge in [0.1, 0.15) is 11.6 Å². The van der Waals surface area contributed by atoms with Crippen molar-refractivity contribution < 1.29 is 17.2 Å². The number of sulfone groups is 1. The van der Waals surface area contributed by atoms with Gasteiger partial charge >= 0.3 is 0 Å². The summed E-state index contributed by atoms with van der Waals surface area (Å²) < 4.78 is 51.1. The number of halogens is 2. The van der Waals surface area contributed by atoms with Gasteiger partial charge < -0.3 is 0 Å². The molecule has 0 aliphatic carbocycles. The van der Waals surface area contributed by atoms with E-state index in [4.69, 9.17) is 0 Å². The van der Waals surface area contributed by atoms with Crippen LogP contribution < -0.4 is 0 Å². The second-order valence-corrected chi connectivity index (χ2v) is 7.16. The molecule has 0 amide bonds. The molecule has 0 bridgehead atoms. The molecule has 3 nitrogen and oxygen atoms in total. The molecule has 116 valence electrons. The van der Waals surface area contributed by atoms with Gasteiger partial charge in [-0.05, 0) is 36.3 Å². The van der Waals surface area contributed by atoms with Crippen LogP contribution in [0.2, 0.25) is 0 Å². The number of hydrogen-bond acceptors (Lipinski definition) is 3. The lowest BCUT2D eigenvalue weighted by Crippen LogP contribution is -2.08. The minimum atomic E-state index is -3.54. The zero-order valence-electron chi connectivity index (χ0n) is 12.2. The van der Waals surface area contributed by atoms with Crippen molar-refractivity contribution in [3.05, 3.63) is 54.4 Å². The largest absolute Gasteiger partial charge is 0.255 e. The molecule has 2 rings (SSSR count). The van der Waals surface area contributed by atoms with E-state index in [0.29, 0.717) is 11.1 Å². The van der Waals surface area contributed by atoms with Gasteiger partial charge in [-0.15, -0.1) is 0 Å². The summed E-state index contributed by atoms with van der Waals surface area (Å²) in [5, 5.41) is 0. The highest BCUT2D eigenvalue weighted by molar-refractivity contribution is 7.91. The molecule has 2 aromatic rings. The molecule has 0 N–H and O–H groups in total. The molecule has 0 aliphatic heterocycles. The molecule has 0 atom stereocenters. The van der Waals surface area contributed by atoms with Gasteiger partial charge in [-0.25, -0.2) is 17.2 Å². The van der Waals surface area contributed by atoms with E-state index >= 15 is 0 Å².